The van der Waals surface area contributed by atoms with Crippen LogP contribution in [0.5, 0.6) is 0 Å². The van der Waals surface area contributed by atoms with Crippen LogP contribution in [0.15, 0.2) is 95.4 Å². The lowest BCUT2D eigenvalue weighted by atomic mass is 10.1. The topological polar surface area (TPSA) is 127 Å². The van der Waals surface area contributed by atoms with Gasteiger partial charge in [-0.3, -0.25) is 25.0 Å². The molecule has 9 nitrogen and oxygen atoms in total. The first-order chi connectivity index (χ1) is 17.4. The molecule has 3 N–H and O–H groups in total. The second-order valence-corrected chi connectivity index (χ2v) is 8.04. The van der Waals surface area contributed by atoms with E-state index >= 15 is 0 Å². The number of amides is 2. The van der Waals surface area contributed by atoms with Crippen molar-refractivity contribution in [3.63, 3.8) is 0 Å². The van der Waals surface area contributed by atoms with Crippen LogP contribution in [0.4, 0.5) is 17.1 Å². The van der Waals surface area contributed by atoms with E-state index in [0.29, 0.717) is 11.4 Å². The summed E-state index contributed by atoms with van der Waals surface area (Å²) in [5, 5.41) is 19.5. The van der Waals surface area contributed by atoms with Gasteiger partial charge in [-0.05, 0) is 60.2 Å². The van der Waals surface area contributed by atoms with Crippen molar-refractivity contribution in [3.05, 3.63) is 112 Å². The Bertz CT molecular complexity index is 1420. The number of carbonyl (C=O) groups excluding carboxylic acids is 2. The maximum atomic E-state index is 12.5. The minimum Gasteiger partial charge on any atom is -0.451 e. The number of nitrogens with one attached hydrogen (secondary N) is 3. The van der Waals surface area contributed by atoms with Crippen LogP contribution in [-0.4, -0.2) is 21.9 Å². The number of rotatable bonds is 7. The predicted molar refractivity (Wildman–Crippen MR) is 140 cm³/mol. The molecule has 1 heterocycles. The quantitative estimate of drug-likeness (QED) is 0.182. The average molecular weight is 501 g/mol. The van der Waals surface area contributed by atoms with Crippen LogP contribution in [-0.2, 0) is 11.2 Å². The van der Waals surface area contributed by atoms with E-state index in [1.54, 1.807) is 42.5 Å². The number of thiocarbonyl (C=S) groups is 1. The van der Waals surface area contributed by atoms with Crippen LogP contribution < -0.4 is 16.0 Å². The van der Waals surface area contributed by atoms with Crippen molar-refractivity contribution in [2.45, 2.75) is 6.42 Å². The number of hydrogen-bond donors (Lipinski definition) is 3. The van der Waals surface area contributed by atoms with Gasteiger partial charge in [-0.15, -0.1) is 0 Å². The summed E-state index contributed by atoms with van der Waals surface area (Å²) in [5.41, 5.74) is 2.27. The molecule has 1 aromatic heterocycles. The first kappa shape index (κ1) is 24.3. The number of carbonyl (C=O) groups is 2. The van der Waals surface area contributed by atoms with Crippen molar-refractivity contribution in [2.75, 3.05) is 10.6 Å². The molecule has 3 aromatic carbocycles. The molecule has 0 aliphatic heterocycles. The van der Waals surface area contributed by atoms with Crippen LogP contribution in [0.2, 0.25) is 0 Å². The van der Waals surface area contributed by atoms with Crippen molar-refractivity contribution in [1.29, 1.82) is 0 Å². The van der Waals surface area contributed by atoms with Gasteiger partial charge < -0.3 is 15.1 Å². The smallest absolute Gasteiger partial charge is 0.293 e. The van der Waals surface area contributed by atoms with E-state index < -0.39 is 10.8 Å². The Morgan fingerprint density at radius 1 is 0.833 bits per heavy atom. The molecule has 180 valence electrons. The Kier molecular flexibility index (Phi) is 7.47. The maximum Gasteiger partial charge on any atom is 0.293 e. The number of hydrogen-bond acceptors (Lipinski definition) is 6. The molecule has 0 bridgehead atoms. The summed E-state index contributed by atoms with van der Waals surface area (Å²) >= 11 is 5.20. The Balaban J connectivity index is 1.32. The molecular weight excluding hydrogens is 480 g/mol. The van der Waals surface area contributed by atoms with Crippen molar-refractivity contribution >= 4 is 46.2 Å². The van der Waals surface area contributed by atoms with Gasteiger partial charge >= 0.3 is 0 Å². The van der Waals surface area contributed by atoms with Crippen molar-refractivity contribution in [3.8, 4) is 11.3 Å². The SMILES string of the molecule is O=C(Cc1ccccc1)Nc1ccc(NC(=S)NC(=O)c2ccc(-c3ccccc3[N+](=O)[O-])o2)cc1. The summed E-state index contributed by atoms with van der Waals surface area (Å²) in [6.07, 6.45) is 0.267. The van der Waals surface area contributed by atoms with Gasteiger partial charge in [-0.2, -0.15) is 0 Å². The fourth-order valence-electron chi connectivity index (χ4n) is 3.40. The van der Waals surface area contributed by atoms with Gasteiger partial charge in [0.1, 0.15) is 5.76 Å². The van der Waals surface area contributed by atoms with E-state index in [9.17, 15) is 19.7 Å². The fourth-order valence-corrected chi connectivity index (χ4v) is 3.61. The highest BCUT2D eigenvalue weighted by atomic mass is 32.1. The van der Waals surface area contributed by atoms with E-state index in [1.165, 1.54) is 18.2 Å². The zero-order valence-electron chi connectivity index (χ0n) is 18.8. The Hall–Kier alpha value is -4.83. The fraction of sp³-hybridized carbons (Fsp3) is 0.0385. The number of anilines is 2. The molecule has 0 fully saturated rings. The Labute approximate surface area is 211 Å². The third-order valence-corrected chi connectivity index (χ3v) is 5.26. The Morgan fingerprint density at radius 2 is 1.47 bits per heavy atom. The average Bonchev–Trinajstić information content (AvgIpc) is 3.36. The molecule has 2 amide bonds. The molecular formula is C26H20N4O5S. The van der Waals surface area contributed by atoms with Crippen LogP contribution in [0, 0.1) is 10.1 Å². The molecule has 0 aliphatic rings. The number of furan rings is 1. The van der Waals surface area contributed by atoms with Crippen LogP contribution in [0.1, 0.15) is 16.1 Å². The number of nitro benzene ring substituents is 1. The summed E-state index contributed by atoms with van der Waals surface area (Å²) in [5.74, 6) is -0.606. The minimum absolute atomic E-state index is 0.0319. The summed E-state index contributed by atoms with van der Waals surface area (Å²) in [7, 11) is 0. The summed E-state index contributed by atoms with van der Waals surface area (Å²) in [6.45, 7) is 0. The zero-order chi connectivity index (χ0) is 25.5. The van der Waals surface area contributed by atoms with Crippen molar-refractivity contribution in [1.82, 2.24) is 5.32 Å². The second kappa shape index (κ2) is 11.1. The highest BCUT2D eigenvalue weighted by Gasteiger charge is 2.19. The van der Waals surface area contributed by atoms with Crippen LogP contribution >= 0.6 is 12.2 Å². The number of nitro groups is 1. The van der Waals surface area contributed by atoms with E-state index in [-0.39, 0.29) is 40.2 Å². The lowest BCUT2D eigenvalue weighted by Gasteiger charge is -2.10. The van der Waals surface area contributed by atoms with Gasteiger partial charge in [0.2, 0.25) is 5.91 Å². The molecule has 0 unspecified atom stereocenters. The monoisotopic (exact) mass is 500 g/mol. The van der Waals surface area contributed by atoms with Crippen molar-refractivity contribution < 1.29 is 18.9 Å². The molecule has 0 atom stereocenters. The minimum atomic E-state index is -0.609. The number of nitrogens with zero attached hydrogens (tertiary/aromatic N) is 1. The molecule has 36 heavy (non-hydrogen) atoms. The zero-order valence-corrected chi connectivity index (χ0v) is 19.6. The highest BCUT2D eigenvalue weighted by Crippen LogP contribution is 2.30. The second-order valence-electron chi connectivity index (χ2n) is 7.63. The van der Waals surface area contributed by atoms with E-state index in [1.807, 2.05) is 30.3 Å². The summed E-state index contributed by atoms with van der Waals surface area (Å²) < 4.78 is 5.52. The number of benzene rings is 3. The van der Waals surface area contributed by atoms with Crippen molar-refractivity contribution in [2.24, 2.45) is 0 Å². The van der Waals surface area contributed by atoms with Crippen LogP contribution in [0.25, 0.3) is 11.3 Å². The van der Waals surface area contributed by atoms with E-state index in [4.69, 9.17) is 16.6 Å². The normalized spacial score (nSPS) is 10.3. The molecule has 4 rings (SSSR count). The molecule has 0 saturated heterocycles. The lowest BCUT2D eigenvalue weighted by Crippen LogP contribution is -2.33. The molecule has 10 heteroatoms. The van der Waals surface area contributed by atoms with Gasteiger partial charge in [-0.1, -0.05) is 42.5 Å². The van der Waals surface area contributed by atoms with Crippen LogP contribution in [0.3, 0.4) is 0 Å². The largest absolute Gasteiger partial charge is 0.451 e. The lowest BCUT2D eigenvalue weighted by molar-refractivity contribution is -0.384. The molecule has 0 saturated carbocycles. The standard InChI is InChI=1S/C26H20N4O5S/c31-24(16-17-6-2-1-3-7-17)27-18-10-12-19(13-11-18)28-26(36)29-25(32)23-15-14-22(35-23)20-8-4-5-9-21(20)30(33)34/h1-15H,16H2,(H,27,31)(H2,28,29,32,36). The van der Waals surface area contributed by atoms with Gasteiger partial charge in [0.15, 0.2) is 10.9 Å². The third kappa shape index (κ3) is 6.19. The summed E-state index contributed by atoms with van der Waals surface area (Å²) in [4.78, 5) is 35.5. The molecule has 0 aliphatic carbocycles. The van der Waals surface area contributed by atoms with E-state index in [2.05, 4.69) is 16.0 Å². The number of para-hydroxylation sites is 1. The summed E-state index contributed by atoms with van der Waals surface area (Å²) in [6, 6.07) is 25.2. The molecule has 0 spiro atoms. The van der Waals surface area contributed by atoms with E-state index in [0.717, 1.165) is 5.56 Å². The molecule has 0 radical (unpaired) electrons. The first-order valence-corrected chi connectivity index (χ1v) is 11.2. The van der Waals surface area contributed by atoms with Gasteiger partial charge in [0.25, 0.3) is 11.6 Å². The third-order valence-electron chi connectivity index (χ3n) is 5.06. The Morgan fingerprint density at radius 3 is 2.17 bits per heavy atom. The van der Waals surface area contributed by atoms with Gasteiger partial charge in [0.05, 0.1) is 16.9 Å². The van der Waals surface area contributed by atoms with Gasteiger partial charge in [0, 0.05) is 17.4 Å². The van der Waals surface area contributed by atoms with Gasteiger partial charge in [-0.25, -0.2) is 0 Å². The first-order valence-electron chi connectivity index (χ1n) is 10.8. The maximum absolute atomic E-state index is 12.5. The highest BCUT2D eigenvalue weighted by molar-refractivity contribution is 7.80. The predicted octanol–water partition coefficient (Wildman–Crippen LogP) is 5.16. The molecule has 4 aromatic rings.